The molecule has 2 heterocycles. The number of amides is 1. The molecule has 1 amide bonds. The van der Waals surface area contributed by atoms with Crippen LogP contribution < -0.4 is 4.74 Å². The van der Waals surface area contributed by atoms with Gasteiger partial charge in [0.15, 0.2) is 0 Å². The third-order valence-corrected chi connectivity index (χ3v) is 8.57. The highest BCUT2D eigenvalue weighted by Gasteiger charge is 2.43. The first-order valence-electron chi connectivity index (χ1n) is 10.4. The number of fused-ring (bicyclic) bond motifs is 1. The van der Waals surface area contributed by atoms with Crippen LogP contribution in [0.5, 0.6) is 5.75 Å². The van der Waals surface area contributed by atoms with Crippen molar-refractivity contribution in [3.05, 3.63) is 24.3 Å². The molecule has 0 unspecified atom stereocenters. The van der Waals surface area contributed by atoms with Crippen LogP contribution in [0, 0.1) is 11.3 Å². The zero-order valence-electron chi connectivity index (χ0n) is 16.6. The topological polar surface area (TPSA) is 66.9 Å². The SMILES string of the molecule is CC(=O)N1CCC2(CC1)COc1ccccc1S(=O)(=O)N(CC1CCCC1)C2. The minimum Gasteiger partial charge on any atom is -0.492 e. The standard InChI is InChI=1S/C21H30N2O4S/c1-17(24)22-12-10-21(11-13-22)15-23(14-18-6-2-3-7-18)28(25,26)20-9-5-4-8-19(20)27-16-21/h4-5,8-9,18H,2-3,6-7,10-16H2,1H3. The number of sulfonamides is 1. The maximum absolute atomic E-state index is 13.5. The summed E-state index contributed by atoms with van der Waals surface area (Å²) in [4.78, 5) is 13.9. The van der Waals surface area contributed by atoms with Gasteiger partial charge in [-0.3, -0.25) is 4.79 Å². The lowest BCUT2D eigenvalue weighted by Gasteiger charge is -2.45. The second-order valence-electron chi connectivity index (χ2n) is 8.69. The molecule has 3 aliphatic rings. The smallest absolute Gasteiger partial charge is 0.246 e. The average Bonchev–Trinajstić information content (AvgIpc) is 3.19. The second-order valence-corrected chi connectivity index (χ2v) is 10.6. The Kier molecular flexibility index (Phi) is 5.40. The van der Waals surface area contributed by atoms with E-state index in [1.165, 1.54) is 12.8 Å². The Balaban J connectivity index is 1.66. The van der Waals surface area contributed by atoms with Crippen molar-refractivity contribution >= 4 is 15.9 Å². The van der Waals surface area contributed by atoms with Crippen molar-refractivity contribution in [2.24, 2.45) is 11.3 Å². The van der Waals surface area contributed by atoms with E-state index in [0.29, 0.717) is 44.5 Å². The van der Waals surface area contributed by atoms with E-state index in [0.717, 1.165) is 25.7 Å². The first kappa shape index (κ1) is 19.7. The molecule has 28 heavy (non-hydrogen) atoms. The molecule has 4 rings (SSSR count). The zero-order valence-corrected chi connectivity index (χ0v) is 17.4. The third kappa shape index (κ3) is 3.79. The van der Waals surface area contributed by atoms with Gasteiger partial charge in [-0.2, -0.15) is 4.31 Å². The Bertz CT molecular complexity index is 825. The summed E-state index contributed by atoms with van der Waals surface area (Å²) in [7, 11) is -3.61. The molecular formula is C21H30N2O4S. The lowest BCUT2D eigenvalue weighted by molar-refractivity contribution is -0.131. The largest absolute Gasteiger partial charge is 0.492 e. The minimum atomic E-state index is -3.61. The van der Waals surface area contributed by atoms with E-state index in [1.807, 2.05) is 11.0 Å². The van der Waals surface area contributed by atoms with Gasteiger partial charge in [-0.05, 0) is 43.7 Å². The lowest BCUT2D eigenvalue weighted by atomic mass is 9.78. The Morgan fingerprint density at radius 3 is 2.54 bits per heavy atom. The van der Waals surface area contributed by atoms with Crippen LogP contribution in [0.25, 0.3) is 0 Å². The number of ether oxygens (including phenoxy) is 1. The van der Waals surface area contributed by atoms with Crippen LogP contribution in [0.3, 0.4) is 0 Å². The van der Waals surface area contributed by atoms with E-state index in [1.54, 1.807) is 29.4 Å². The summed E-state index contributed by atoms with van der Waals surface area (Å²) in [6, 6.07) is 6.99. The highest BCUT2D eigenvalue weighted by Crippen LogP contribution is 2.40. The number of piperidine rings is 1. The van der Waals surface area contributed by atoms with E-state index >= 15 is 0 Å². The molecule has 2 fully saturated rings. The van der Waals surface area contributed by atoms with Crippen LogP contribution >= 0.6 is 0 Å². The van der Waals surface area contributed by atoms with Crippen LogP contribution in [0.1, 0.15) is 45.4 Å². The summed E-state index contributed by atoms with van der Waals surface area (Å²) < 4.78 is 34.9. The van der Waals surface area contributed by atoms with Crippen molar-refractivity contribution in [3.63, 3.8) is 0 Å². The quantitative estimate of drug-likeness (QED) is 0.757. The number of rotatable bonds is 2. The minimum absolute atomic E-state index is 0.0855. The van der Waals surface area contributed by atoms with Gasteiger partial charge in [0.1, 0.15) is 10.6 Å². The van der Waals surface area contributed by atoms with E-state index < -0.39 is 10.0 Å². The molecule has 1 saturated carbocycles. The summed E-state index contributed by atoms with van der Waals surface area (Å²) in [6.07, 6.45) is 6.13. The molecule has 0 aromatic heterocycles. The molecular weight excluding hydrogens is 376 g/mol. The number of nitrogens with zero attached hydrogens (tertiary/aromatic N) is 2. The molecule has 7 heteroatoms. The van der Waals surface area contributed by atoms with E-state index in [2.05, 4.69) is 0 Å². The first-order chi connectivity index (χ1) is 13.4. The van der Waals surface area contributed by atoms with Crippen molar-refractivity contribution < 1.29 is 17.9 Å². The zero-order chi connectivity index (χ0) is 19.8. The molecule has 0 N–H and O–H groups in total. The predicted molar refractivity (Wildman–Crippen MR) is 107 cm³/mol. The Hall–Kier alpha value is -1.60. The second kappa shape index (κ2) is 7.67. The summed E-state index contributed by atoms with van der Waals surface area (Å²) in [6.45, 7) is 4.49. The molecule has 1 aliphatic carbocycles. The number of likely N-dealkylation sites (tertiary alicyclic amines) is 1. The maximum Gasteiger partial charge on any atom is 0.246 e. The normalized spacial score (nSPS) is 25.0. The van der Waals surface area contributed by atoms with Gasteiger partial charge >= 0.3 is 0 Å². The summed E-state index contributed by atoms with van der Waals surface area (Å²) in [5.74, 6) is 0.978. The molecule has 1 aromatic rings. The average molecular weight is 407 g/mol. The molecule has 154 valence electrons. The maximum atomic E-state index is 13.5. The van der Waals surface area contributed by atoms with Gasteiger partial charge in [0.2, 0.25) is 15.9 Å². The van der Waals surface area contributed by atoms with Crippen molar-refractivity contribution in [3.8, 4) is 5.75 Å². The third-order valence-electron chi connectivity index (χ3n) is 6.72. The molecule has 0 atom stereocenters. The molecule has 0 radical (unpaired) electrons. The molecule has 1 saturated heterocycles. The van der Waals surface area contributed by atoms with Gasteiger partial charge in [0.25, 0.3) is 0 Å². The van der Waals surface area contributed by atoms with Gasteiger partial charge in [0, 0.05) is 38.5 Å². The number of carbonyl (C=O) groups is 1. The van der Waals surface area contributed by atoms with Gasteiger partial charge in [-0.15, -0.1) is 0 Å². The van der Waals surface area contributed by atoms with E-state index in [4.69, 9.17) is 4.74 Å². The summed E-state index contributed by atoms with van der Waals surface area (Å²) >= 11 is 0. The van der Waals surface area contributed by atoms with Crippen molar-refractivity contribution in [2.75, 3.05) is 32.8 Å². The van der Waals surface area contributed by atoms with E-state index in [-0.39, 0.29) is 16.2 Å². The highest BCUT2D eigenvalue weighted by molar-refractivity contribution is 7.89. The summed E-state index contributed by atoms with van der Waals surface area (Å²) in [5.41, 5.74) is -0.245. The number of hydrogen-bond donors (Lipinski definition) is 0. The monoisotopic (exact) mass is 406 g/mol. The van der Waals surface area contributed by atoms with Crippen molar-refractivity contribution in [1.29, 1.82) is 0 Å². The number of para-hydroxylation sites is 1. The molecule has 0 bridgehead atoms. The van der Waals surface area contributed by atoms with Crippen LogP contribution in [-0.2, 0) is 14.8 Å². The Labute approximate surface area is 167 Å². The fourth-order valence-corrected chi connectivity index (χ4v) is 6.66. The van der Waals surface area contributed by atoms with E-state index in [9.17, 15) is 13.2 Å². The summed E-state index contributed by atoms with van der Waals surface area (Å²) in [5, 5.41) is 0. The van der Waals surface area contributed by atoms with Crippen molar-refractivity contribution in [2.45, 2.75) is 50.3 Å². The molecule has 1 aromatic carbocycles. The van der Waals surface area contributed by atoms with Gasteiger partial charge in [-0.1, -0.05) is 25.0 Å². The van der Waals surface area contributed by atoms with Gasteiger partial charge in [-0.25, -0.2) is 8.42 Å². The fourth-order valence-electron chi connectivity index (χ4n) is 4.90. The lowest BCUT2D eigenvalue weighted by Crippen LogP contribution is -2.52. The van der Waals surface area contributed by atoms with Crippen LogP contribution in [-0.4, -0.2) is 56.3 Å². The first-order valence-corrected chi connectivity index (χ1v) is 11.8. The number of carbonyl (C=O) groups excluding carboxylic acids is 1. The Morgan fingerprint density at radius 1 is 1.18 bits per heavy atom. The number of hydrogen-bond acceptors (Lipinski definition) is 4. The van der Waals surface area contributed by atoms with Crippen LogP contribution in [0.4, 0.5) is 0 Å². The van der Waals surface area contributed by atoms with Crippen LogP contribution in [0.2, 0.25) is 0 Å². The molecule has 1 spiro atoms. The number of benzene rings is 1. The molecule has 2 aliphatic heterocycles. The van der Waals surface area contributed by atoms with Crippen LogP contribution in [0.15, 0.2) is 29.2 Å². The van der Waals surface area contributed by atoms with Gasteiger partial charge < -0.3 is 9.64 Å². The Morgan fingerprint density at radius 2 is 1.86 bits per heavy atom. The van der Waals surface area contributed by atoms with Gasteiger partial charge in [0.05, 0.1) is 6.61 Å². The fraction of sp³-hybridized carbons (Fsp3) is 0.667. The molecule has 6 nitrogen and oxygen atoms in total. The predicted octanol–water partition coefficient (Wildman–Crippen LogP) is 2.89. The highest BCUT2D eigenvalue weighted by atomic mass is 32.2. The van der Waals surface area contributed by atoms with Crippen molar-refractivity contribution in [1.82, 2.24) is 9.21 Å².